The van der Waals surface area contributed by atoms with Gasteiger partial charge in [-0.15, -0.1) is 0 Å². The average molecular weight is 410 g/mol. The van der Waals surface area contributed by atoms with Crippen molar-refractivity contribution in [2.24, 2.45) is 0 Å². The van der Waals surface area contributed by atoms with Crippen LogP contribution in [0.15, 0.2) is 42.5 Å². The van der Waals surface area contributed by atoms with E-state index in [1.54, 1.807) is 24.3 Å². The number of nitrogens with zero attached hydrogens (tertiary/aromatic N) is 1. The molecule has 0 aliphatic rings. The highest BCUT2D eigenvalue weighted by molar-refractivity contribution is 6.34. The third-order valence-corrected chi connectivity index (χ3v) is 4.50. The molecule has 4 rings (SSSR count). The van der Waals surface area contributed by atoms with Crippen molar-refractivity contribution < 1.29 is 22.0 Å². The van der Waals surface area contributed by atoms with E-state index in [-0.39, 0.29) is 5.82 Å². The van der Waals surface area contributed by atoms with Crippen LogP contribution >= 0.6 is 11.6 Å². The number of fused-ring (bicyclic) bond motifs is 1. The third-order valence-electron chi connectivity index (χ3n) is 4.19. The van der Waals surface area contributed by atoms with Crippen molar-refractivity contribution in [3.8, 4) is 11.1 Å². The Labute approximate surface area is 159 Å². The minimum atomic E-state index is -2.23. The molecule has 3 aromatic carbocycles. The molecule has 0 amide bonds. The molecular formula is C19H9ClF5N3. The topological polar surface area (TPSA) is 40.7 Å². The highest BCUT2D eigenvalue weighted by atomic mass is 35.5. The van der Waals surface area contributed by atoms with Crippen molar-refractivity contribution >= 4 is 34.0 Å². The van der Waals surface area contributed by atoms with Crippen LogP contribution in [-0.2, 0) is 0 Å². The Bertz CT molecular complexity index is 1180. The van der Waals surface area contributed by atoms with Crippen molar-refractivity contribution in [3.05, 3.63) is 76.6 Å². The number of hydrogen-bond acceptors (Lipinski definition) is 2. The van der Waals surface area contributed by atoms with Crippen LogP contribution in [0.2, 0.25) is 5.02 Å². The van der Waals surface area contributed by atoms with Gasteiger partial charge in [0.05, 0.1) is 10.5 Å². The van der Waals surface area contributed by atoms with Gasteiger partial charge in [-0.1, -0.05) is 41.9 Å². The summed E-state index contributed by atoms with van der Waals surface area (Å²) in [7, 11) is 0. The van der Waals surface area contributed by atoms with Gasteiger partial charge in [-0.2, -0.15) is 5.10 Å². The second-order valence-electron chi connectivity index (χ2n) is 5.89. The molecule has 0 unspecified atom stereocenters. The number of hydrogen-bond donors (Lipinski definition) is 2. The molecule has 0 spiro atoms. The van der Waals surface area contributed by atoms with Crippen LogP contribution in [0.1, 0.15) is 0 Å². The highest BCUT2D eigenvalue weighted by Gasteiger charge is 2.26. The predicted molar refractivity (Wildman–Crippen MR) is 96.1 cm³/mol. The predicted octanol–water partition coefficient (Wildman–Crippen LogP) is 6.32. The van der Waals surface area contributed by atoms with Gasteiger partial charge in [0, 0.05) is 10.9 Å². The molecule has 2 N–H and O–H groups in total. The molecule has 142 valence electrons. The molecule has 28 heavy (non-hydrogen) atoms. The molecule has 0 bridgehead atoms. The van der Waals surface area contributed by atoms with Gasteiger partial charge in [-0.3, -0.25) is 5.10 Å². The van der Waals surface area contributed by atoms with Crippen LogP contribution < -0.4 is 5.32 Å². The quantitative estimate of drug-likeness (QED) is 0.236. The Morgan fingerprint density at radius 3 is 2.07 bits per heavy atom. The first kappa shape index (κ1) is 18.2. The molecule has 0 fully saturated rings. The fourth-order valence-corrected chi connectivity index (χ4v) is 3.08. The maximum atomic E-state index is 14.0. The number of rotatable bonds is 3. The standard InChI is InChI=1S/C19H9ClF5N3/c20-11-7-12-10(6-9(11)8-4-2-1-3-5-8)19(28-27-12)26-18-16(24)14(22)13(21)15(23)17(18)25/h1-7H,(H2,26,27,28). The van der Waals surface area contributed by atoms with Crippen LogP contribution in [0.25, 0.3) is 22.0 Å². The lowest BCUT2D eigenvalue weighted by Crippen LogP contribution is -2.07. The monoisotopic (exact) mass is 409 g/mol. The maximum absolute atomic E-state index is 14.0. The Hall–Kier alpha value is -3.13. The number of benzene rings is 3. The normalized spacial score (nSPS) is 11.2. The zero-order chi connectivity index (χ0) is 20.0. The Morgan fingerprint density at radius 1 is 0.821 bits per heavy atom. The largest absolute Gasteiger partial charge is 0.333 e. The van der Waals surface area contributed by atoms with E-state index < -0.39 is 34.8 Å². The first-order valence-electron chi connectivity index (χ1n) is 7.90. The van der Waals surface area contributed by atoms with E-state index in [1.807, 2.05) is 18.2 Å². The van der Waals surface area contributed by atoms with Crippen molar-refractivity contribution in [2.75, 3.05) is 5.32 Å². The van der Waals surface area contributed by atoms with Crippen LogP contribution in [0.4, 0.5) is 33.5 Å². The van der Waals surface area contributed by atoms with Gasteiger partial charge in [-0.05, 0) is 17.7 Å². The third kappa shape index (κ3) is 2.86. The summed E-state index contributed by atoms with van der Waals surface area (Å²) in [6.45, 7) is 0. The van der Waals surface area contributed by atoms with E-state index in [1.165, 1.54) is 0 Å². The van der Waals surface area contributed by atoms with Gasteiger partial charge < -0.3 is 5.32 Å². The summed E-state index contributed by atoms with van der Waals surface area (Å²) in [6.07, 6.45) is 0. The van der Waals surface area contributed by atoms with Crippen molar-refractivity contribution in [1.82, 2.24) is 10.2 Å². The van der Waals surface area contributed by atoms with Gasteiger partial charge in [0.15, 0.2) is 29.1 Å². The van der Waals surface area contributed by atoms with E-state index in [9.17, 15) is 22.0 Å². The van der Waals surface area contributed by atoms with E-state index in [0.29, 0.717) is 21.5 Å². The van der Waals surface area contributed by atoms with Gasteiger partial charge in [-0.25, -0.2) is 22.0 Å². The van der Waals surface area contributed by atoms with Crippen molar-refractivity contribution in [2.45, 2.75) is 0 Å². The van der Waals surface area contributed by atoms with E-state index in [0.717, 1.165) is 5.56 Å². The lowest BCUT2D eigenvalue weighted by molar-refractivity contribution is 0.382. The van der Waals surface area contributed by atoms with Gasteiger partial charge in [0.25, 0.3) is 0 Å². The molecule has 4 aromatic rings. The molecule has 0 atom stereocenters. The number of H-pyrrole nitrogens is 1. The lowest BCUT2D eigenvalue weighted by Gasteiger charge is -2.10. The smallest absolute Gasteiger partial charge is 0.200 e. The summed E-state index contributed by atoms with van der Waals surface area (Å²) in [4.78, 5) is 0. The number of anilines is 2. The molecule has 0 aliphatic heterocycles. The molecule has 1 aromatic heterocycles. The number of aromatic amines is 1. The summed E-state index contributed by atoms with van der Waals surface area (Å²) >= 11 is 6.29. The summed E-state index contributed by atoms with van der Waals surface area (Å²) in [6, 6.07) is 12.2. The number of aromatic nitrogens is 2. The van der Waals surface area contributed by atoms with Gasteiger partial charge in [0.1, 0.15) is 5.69 Å². The molecule has 0 aliphatic carbocycles. The van der Waals surface area contributed by atoms with E-state index in [2.05, 4.69) is 15.5 Å². The fourth-order valence-electron chi connectivity index (χ4n) is 2.81. The molecule has 9 heteroatoms. The molecule has 0 saturated carbocycles. The Kier molecular flexibility index (Phi) is 4.43. The molecular weight excluding hydrogens is 401 g/mol. The van der Waals surface area contributed by atoms with Crippen LogP contribution in [-0.4, -0.2) is 10.2 Å². The highest BCUT2D eigenvalue weighted by Crippen LogP contribution is 2.36. The zero-order valence-corrected chi connectivity index (χ0v) is 14.5. The molecule has 3 nitrogen and oxygen atoms in total. The van der Waals surface area contributed by atoms with E-state index in [4.69, 9.17) is 11.6 Å². The summed E-state index contributed by atoms with van der Waals surface area (Å²) < 4.78 is 68.0. The summed E-state index contributed by atoms with van der Waals surface area (Å²) in [5.41, 5.74) is 0.603. The minimum absolute atomic E-state index is 0.118. The molecule has 0 saturated heterocycles. The lowest BCUT2D eigenvalue weighted by atomic mass is 10.0. The summed E-state index contributed by atoms with van der Waals surface area (Å²) in [5, 5.41) is 9.40. The Morgan fingerprint density at radius 2 is 1.43 bits per heavy atom. The first-order valence-corrected chi connectivity index (χ1v) is 8.27. The van der Waals surface area contributed by atoms with Crippen LogP contribution in [0.3, 0.4) is 0 Å². The SMILES string of the molecule is Fc1c(F)c(F)c(Nc2n[nH]c3cc(Cl)c(-c4ccccc4)cc23)c(F)c1F. The molecule has 1 heterocycles. The molecule has 0 radical (unpaired) electrons. The second kappa shape index (κ2) is 6.79. The van der Waals surface area contributed by atoms with Gasteiger partial charge in [0.2, 0.25) is 5.82 Å². The van der Waals surface area contributed by atoms with Crippen LogP contribution in [0, 0.1) is 29.1 Å². The van der Waals surface area contributed by atoms with E-state index >= 15 is 0 Å². The van der Waals surface area contributed by atoms with Crippen molar-refractivity contribution in [3.63, 3.8) is 0 Å². The number of halogens is 6. The Balaban J connectivity index is 1.86. The van der Waals surface area contributed by atoms with Gasteiger partial charge >= 0.3 is 0 Å². The average Bonchev–Trinajstić information content (AvgIpc) is 3.09. The minimum Gasteiger partial charge on any atom is -0.333 e. The van der Waals surface area contributed by atoms with Crippen LogP contribution in [0.5, 0.6) is 0 Å². The van der Waals surface area contributed by atoms with Crippen molar-refractivity contribution in [1.29, 1.82) is 0 Å². The first-order chi connectivity index (χ1) is 13.4. The summed E-state index contributed by atoms with van der Waals surface area (Å²) in [5.74, 6) is -10.4. The number of nitrogens with one attached hydrogen (secondary N) is 2. The second-order valence-corrected chi connectivity index (χ2v) is 6.29. The maximum Gasteiger partial charge on any atom is 0.200 e. The fraction of sp³-hybridized carbons (Fsp3) is 0. The zero-order valence-electron chi connectivity index (χ0n) is 13.8.